The highest BCUT2D eigenvalue weighted by Crippen LogP contribution is 2.05. The number of aryl methyl sites for hydroxylation is 1. The number of carbonyl (C=O) groups excluding carboxylic acids is 1. The molecule has 1 rings (SSSR count). The summed E-state index contributed by atoms with van der Waals surface area (Å²) in [6, 6.07) is 3.16. The Bertz CT molecular complexity index is 370. The van der Waals surface area contributed by atoms with E-state index < -0.39 is 0 Å². The Morgan fingerprint density at radius 3 is 2.85 bits per heavy atom. The van der Waals surface area contributed by atoms with Crippen molar-refractivity contribution in [2.24, 2.45) is 0 Å². The monoisotopic (exact) mass is 243 g/mol. The van der Waals surface area contributed by atoms with Crippen molar-refractivity contribution >= 4 is 21.7 Å². The van der Waals surface area contributed by atoms with E-state index in [9.17, 15) is 9.59 Å². The first-order valence-electron chi connectivity index (χ1n) is 3.95. The van der Waals surface area contributed by atoms with Crippen LogP contribution in [0.15, 0.2) is 27.6 Å². The number of carbonyl (C=O) groups is 1. The second-order valence-electron chi connectivity index (χ2n) is 2.83. The maximum Gasteiger partial charge on any atom is 0.250 e. The van der Waals surface area contributed by atoms with E-state index in [-0.39, 0.29) is 11.3 Å². The van der Waals surface area contributed by atoms with Crippen LogP contribution < -0.4 is 5.56 Å². The molecule has 0 aliphatic heterocycles. The molecule has 0 unspecified atom stereocenters. The number of nitrogens with zero attached hydrogens (tertiary/aromatic N) is 1. The molecule has 13 heavy (non-hydrogen) atoms. The molecule has 0 aliphatic carbocycles. The molecule has 4 heteroatoms. The van der Waals surface area contributed by atoms with Gasteiger partial charge >= 0.3 is 0 Å². The van der Waals surface area contributed by atoms with Crippen molar-refractivity contribution < 1.29 is 4.79 Å². The third-order valence-electron chi connectivity index (χ3n) is 1.65. The van der Waals surface area contributed by atoms with E-state index >= 15 is 0 Å². The fourth-order valence-electron chi connectivity index (χ4n) is 0.955. The zero-order valence-corrected chi connectivity index (χ0v) is 8.87. The van der Waals surface area contributed by atoms with E-state index in [0.29, 0.717) is 13.0 Å². The lowest BCUT2D eigenvalue weighted by atomic mass is 10.3. The SMILES string of the molecule is CC(=O)CCn1cc(Br)ccc1=O. The number of Topliss-reactive ketones (excluding diaryl/α,β-unsaturated/α-hetero) is 1. The Morgan fingerprint density at radius 1 is 1.54 bits per heavy atom. The lowest BCUT2D eigenvalue weighted by molar-refractivity contribution is -0.117. The van der Waals surface area contributed by atoms with Crippen LogP contribution in [0.25, 0.3) is 0 Å². The van der Waals surface area contributed by atoms with Crippen LogP contribution in [0.4, 0.5) is 0 Å². The summed E-state index contributed by atoms with van der Waals surface area (Å²) >= 11 is 3.26. The molecule has 0 spiro atoms. The van der Waals surface area contributed by atoms with Crippen LogP contribution in [0.1, 0.15) is 13.3 Å². The van der Waals surface area contributed by atoms with Crippen LogP contribution in [0.2, 0.25) is 0 Å². The number of aromatic nitrogens is 1. The fourth-order valence-corrected chi connectivity index (χ4v) is 1.33. The normalized spacial score (nSPS) is 10.0. The van der Waals surface area contributed by atoms with E-state index in [2.05, 4.69) is 15.9 Å². The minimum atomic E-state index is -0.0792. The minimum absolute atomic E-state index is 0.0792. The summed E-state index contributed by atoms with van der Waals surface area (Å²) in [5.41, 5.74) is -0.0792. The standard InChI is InChI=1S/C9H10BrNO2/c1-7(12)4-5-11-6-8(10)2-3-9(11)13/h2-3,6H,4-5H2,1H3. The maximum absolute atomic E-state index is 11.2. The zero-order valence-electron chi connectivity index (χ0n) is 7.29. The average Bonchev–Trinajstić information content (AvgIpc) is 2.06. The quantitative estimate of drug-likeness (QED) is 0.809. The van der Waals surface area contributed by atoms with E-state index in [1.54, 1.807) is 12.3 Å². The van der Waals surface area contributed by atoms with Crippen molar-refractivity contribution in [1.82, 2.24) is 4.57 Å². The Morgan fingerprint density at radius 2 is 2.23 bits per heavy atom. The van der Waals surface area contributed by atoms with Crippen molar-refractivity contribution in [2.75, 3.05) is 0 Å². The molecule has 0 radical (unpaired) electrons. The van der Waals surface area contributed by atoms with Crippen LogP contribution in [-0.4, -0.2) is 10.4 Å². The third kappa shape index (κ3) is 3.14. The van der Waals surface area contributed by atoms with Crippen molar-refractivity contribution in [3.05, 3.63) is 33.2 Å². The predicted octanol–water partition coefficient (Wildman–Crippen LogP) is 1.59. The lowest BCUT2D eigenvalue weighted by Gasteiger charge is -2.03. The first-order chi connectivity index (χ1) is 6.09. The molecule has 3 nitrogen and oxygen atoms in total. The van der Waals surface area contributed by atoms with Crippen molar-refractivity contribution in [3.63, 3.8) is 0 Å². The summed E-state index contributed by atoms with van der Waals surface area (Å²) in [7, 11) is 0. The summed E-state index contributed by atoms with van der Waals surface area (Å²) in [6.07, 6.45) is 2.08. The highest BCUT2D eigenvalue weighted by Gasteiger charge is 1.98. The molecule has 0 bridgehead atoms. The molecule has 0 saturated carbocycles. The number of hydrogen-bond acceptors (Lipinski definition) is 2. The van der Waals surface area contributed by atoms with Crippen LogP contribution >= 0.6 is 15.9 Å². The Kier molecular flexibility index (Phi) is 3.42. The number of rotatable bonds is 3. The van der Waals surface area contributed by atoms with Gasteiger partial charge in [-0.3, -0.25) is 9.59 Å². The zero-order chi connectivity index (χ0) is 9.84. The van der Waals surface area contributed by atoms with Crippen molar-refractivity contribution in [3.8, 4) is 0 Å². The second-order valence-corrected chi connectivity index (χ2v) is 3.75. The topological polar surface area (TPSA) is 39.1 Å². The number of halogens is 1. The molecule has 0 fully saturated rings. The summed E-state index contributed by atoms with van der Waals surface area (Å²) < 4.78 is 2.36. The van der Waals surface area contributed by atoms with Gasteiger partial charge in [-0.25, -0.2) is 0 Å². The molecular weight excluding hydrogens is 234 g/mol. The largest absolute Gasteiger partial charge is 0.314 e. The Balaban J connectivity index is 2.82. The molecule has 0 amide bonds. The first-order valence-corrected chi connectivity index (χ1v) is 4.74. The van der Waals surface area contributed by atoms with Gasteiger partial charge in [0.2, 0.25) is 0 Å². The van der Waals surface area contributed by atoms with Crippen molar-refractivity contribution in [2.45, 2.75) is 19.9 Å². The van der Waals surface area contributed by atoms with Gasteiger partial charge in [0.15, 0.2) is 0 Å². The molecule has 1 aromatic heterocycles. The fraction of sp³-hybridized carbons (Fsp3) is 0.333. The molecular formula is C9H10BrNO2. The molecule has 0 saturated heterocycles. The van der Waals surface area contributed by atoms with Crippen molar-refractivity contribution in [1.29, 1.82) is 0 Å². The molecule has 0 N–H and O–H groups in total. The van der Waals surface area contributed by atoms with Gasteiger partial charge in [-0.15, -0.1) is 0 Å². The summed E-state index contributed by atoms with van der Waals surface area (Å²) in [4.78, 5) is 21.9. The predicted molar refractivity (Wildman–Crippen MR) is 53.7 cm³/mol. The lowest BCUT2D eigenvalue weighted by Crippen LogP contribution is -2.19. The van der Waals surface area contributed by atoms with Crippen LogP contribution in [0.3, 0.4) is 0 Å². The molecule has 0 aliphatic rings. The van der Waals surface area contributed by atoms with Gasteiger partial charge in [0.05, 0.1) is 0 Å². The number of pyridine rings is 1. The van der Waals surface area contributed by atoms with Gasteiger partial charge in [0, 0.05) is 29.7 Å². The highest BCUT2D eigenvalue weighted by atomic mass is 79.9. The smallest absolute Gasteiger partial charge is 0.250 e. The van der Waals surface area contributed by atoms with Gasteiger partial charge in [-0.2, -0.15) is 0 Å². The number of ketones is 1. The van der Waals surface area contributed by atoms with E-state index in [0.717, 1.165) is 4.47 Å². The third-order valence-corrected chi connectivity index (χ3v) is 2.12. The summed E-state index contributed by atoms with van der Waals surface area (Å²) in [5, 5.41) is 0. The first kappa shape index (κ1) is 10.2. The highest BCUT2D eigenvalue weighted by molar-refractivity contribution is 9.10. The van der Waals surface area contributed by atoms with E-state index in [1.165, 1.54) is 17.6 Å². The van der Waals surface area contributed by atoms with Gasteiger partial charge in [-0.1, -0.05) is 0 Å². The van der Waals surface area contributed by atoms with E-state index in [4.69, 9.17) is 0 Å². The van der Waals surface area contributed by atoms with Gasteiger partial charge < -0.3 is 4.57 Å². The van der Waals surface area contributed by atoms with Gasteiger partial charge in [-0.05, 0) is 28.9 Å². The minimum Gasteiger partial charge on any atom is -0.314 e. The molecule has 70 valence electrons. The van der Waals surface area contributed by atoms with Gasteiger partial charge in [0.25, 0.3) is 5.56 Å². The maximum atomic E-state index is 11.2. The molecule has 0 atom stereocenters. The molecule has 1 aromatic rings. The summed E-state index contributed by atoms with van der Waals surface area (Å²) in [6.45, 7) is 1.97. The van der Waals surface area contributed by atoms with E-state index in [1.807, 2.05) is 0 Å². The molecule has 1 heterocycles. The van der Waals surface area contributed by atoms with Crippen LogP contribution in [-0.2, 0) is 11.3 Å². The number of hydrogen-bond donors (Lipinski definition) is 0. The summed E-state index contributed by atoms with van der Waals surface area (Å²) in [5.74, 6) is 0.0897. The van der Waals surface area contributed by atoms with Crippen LogP contribution in [0, 0.1) is 0 Å². The average molecular weight is 244 g/mol. The Labute approximate surface area is 84.5 Å². The Hall–Kier alpha value is -0.900. The second kappa shape index (κ2) is 4.37. The van der Waals surface area contributed by atoms with Crippen LogP contribution in [0.5, 0.6) is 0 Å². The molecule has 0 aromatic carbocycles. The van der Waals surface area contributed by atoms with Gasteiger partial charge in [0.1, 0.15) is 5.78 Å².